The number of rotatable bonds is 1. The highest BCUT2D eigenvalue weighted by molar-refractivity contribution is 7.94. The van der Waals surface area contributed by atoms with Gasteiger partial charge in [-0.3, -0.25) is 0 Å². The second-order valence-corrected chi connectivity index (χ2v) is 4.82. The van der Waals surface area contributed by atoms with Crippen LogP contribution in [0.4, 0.5) is 13.2 Å². The van der Waals surface area contributed by atoms with Gasteiger partial charge in [-0.2, -0.15) is 13.2 Å². The van der Waals surface area contributed by atoms with Gasteiger partial charge in [0.05, 0.1) is 4.90 Å². The molecule has 0 fully saturated rings. The monoisotopic (exact) mass is 223 g/mol. The summed E-state index contributed by atoms with van der Waals surface area (Å²) in [4.78, 5) is -0.310. The van der Waals surface area contributed by atoms with Crippen LogP contribution in [0.25, 0.3) is 0 Å². The van der Waals surface area contributed by atoms with Crippen molar-refractivity contribution < 1.29 is 17.4 Å². The van der Waals surface area contributed by atoms with Crippen molar-refractivity contribution in [3.05, 3.63) is 30.3 Å². The Kier molecular flexibility index (Phi) is 2.84. The highest BCUT2D eigenvalue weighted by Gasteiger charge is 2.43. The average molecular weight is 223 g/mol. The first-order chi connectivity index (χ1) is 6.42. The Balaban J connectivity index is 3.40. The first-order valence-corrected chi connectivity index (χ1v) is 5.20. The molecule has 1 aromatic rings. The normalized spacial score (nSPS) is 16.0. The minimum Gasteiger partial charge on any atom is -0.236 e. The van der Waals surface area contributed by atoms with Gasteiger partial charge >= 0.3 is 5.51 Å². The third kappa shape index (κ3) is 1.75. The van der Waals surface area contributed by atoms with Crippen LogP contribution in [-0.2, 0) is 9.73 Å². The molecule has 0 saturated heterocycles. The molecule has 0 aliphatic heterocycles. The molecular formula is C8H8F3NOS. The van der Waals surface area contributed by atoms with E-state index in [9.17, 15) is 17.4 Å². The number of nitrogens with zero attached hydrogens (tertiary/aromatic N) is 1. The summed E-state index contributed by atoms with van der Waals surface area (Å²) < 4.78 is 51.7. The Labute approximate surface area is 79.9 Å². The molecule has 0 amide bonds. The molecule has 6 heteroatoms. The van der Waals surface area contributed by atoms with Crippen molar-refractivity contribution in [1.29, 1.82) is 0 Å². The summed E-state index contributed by atoms with van der Waals surface area (Å²) in [5, 5.41) is 0. The summed E-state index contributed by atoms with van der Waals surface area (Å²) in [6.45, 7) is 0. The zero-order valence-corrected chi connectivity index (χ0v) is 8.10. The molecule has 0 radical (unpaired) electrons. The van der Waals surface area contributed by atoms with Gasteiger partial charge in [0.25, 0.3) is 0 Å². The first-order valence-electron chi connectivity index (χ1n) is 3.68. The van der Waals surface area contributed by atoms with Crippen LogP contribution in [-0.4, -0.2) is 16.8 Å². The summed E-state index contributed by atoms with van der Waals surface area (Å²) in [5.74, 6) is 0. The van der Waals surface area contributed by atoms with E-state index in [0.29, 0.717) is 0 Å². The van der Waals surface area contributed by atoms with E-state index in [4.69, 9.17) is 0 Å². The maximum atomic E-state index is 12.4. The van der Waals surface area contributed by atoms with E-state index in [1.54, 1.807) is 6.07 Å². The maximum absolute atomic E-state index is 12.4. The average Bonchev–Trinajstić information content (AvgIpc) is 2.16. The van der Waals surface area contributed by atoms with Gasteiger partial charge in [-0.05, 0) is 12.1 Å². The molecule has 0 N–H and O–H groups in total. The molecule has 0 aliphatic rings. The summed E-state index contributed by atoms with van der Waals surface area (Å²) in [6.07, 6.45) is 0. The lowest BCUT2D eigenvalue weighted by atomic mass is 10.4. The van der Waals surface area contributed by atoms with E-state index < -0.39 is 15.2 Å². The van der Waals surface area contributed by atoms with Crippen LogP contribution in [0.1, 0.15) is 0 Å². The van der Waals surface area contributed by atoms with Gasteiger partial charge < -0.3 is 0 Å². The number of benzene rings is 1. The molecule has 1 aromatic carbocycles. The van der Waals surface area contributed by atoms with Gasteiger partial charge in [-0.25, -0.2) is 8.57 Å². The summed E-state index contributed by atoms with van der Waals surface area (Å²) >= 11 is 0. The predicted molar refractivity (Wildman–Crippen MR) is 47.3 cm³/mol. The first kappa shape index (κ1) is 11.0. The molecule has 78 valence electrons. The lowest BCUT2D eigenvalue weighted by Crippen LogP contribution is -2.22. The zero-order chi connectivity index (χ0) is 10.8. The van der Waals surface area contributed by atoms with E-state index in [1.807, 2.05) is 0 Å². The van der Waals surface area contributed by atoms with Crippen molar-refractivity contribution in [3.8, 4) is 0 Å². The fourth-order valence-corrected chi connectivity index (χ4v) is 2.16. The highest BCUT2D eigenvalue weighted by Crippen LogP contribution is 2.31. The predicted octanol–water partition coefficient (Wildman–Crippen LogP) is 2.66. The molecule has 0 aliphatic carbocycles. The Morgan fingerprint density at radius 1 is 1.21 bits per heavy atom. The van der Waals surface area contributed by atoms with Crippen LogP contribution in [0.2, 0.25) is 0 Å². The second-order valence-electron chi connectivity index (χ2n) is 2.47. The molecule has 1 rings (SSSR count). The summed E-state index contributed by atoms with van der Waals surface area (Å²) in [5.41, 5.74) is -4.83. The standard InChI is InChI=1S/C8H8F3NOS/c1-12-14(13,8(9,10)11)7-5-3-2-4-6-7/h2-6H,1H3/t14-/m0/s1. The van der Waals surface area contributed by atoms with Crippen molar-refractivity contribution in [2.75, 3.05) is 7.05 Å². The molecule has 0 saturated carbocycles. The van der Waals surface area contributed by atoms with Crippen LogP contribution >= 0.6 is 0 Å². The molecule has 0 heterocycles. The van der Waals surface area contributed by atoms with Crippen LogP contribution in [0.3, 0.4) is 0 Å². The molecule has 14 heavy (non-hydrogen) atoms. The van der Waals surface area contributed by atoms with Gasteiger partial charge in [-0.15, -0.1) is 0 Å². The SMILES string of the molecule is CN=[S@](=O)(c1ccccc1)C(F)(F)F. The van der Waals surface area contributed by atoms with E-state index >= 15 is 0 Å². The molecule has 1 atom stereocenters. The van der Waals surface area contributed by atoms with Crippen LogP contribution in [0.15, 0.2) is 39.6 Å². The molecule has 0 spiro atoms. The summed E-state index contributed by atoms with van der Waals surface area (Å²) in [7, 11) is -3.39. The number of hydrogen-bond acceptors (Lipinski definition) is 2. The number of alkyl halides is 3. The van der Waals surface area contributed by atoms with Crippen LogP contribution in [0, 0.1) is 0 Å². The third-order valence-electron chi connectivity index (χ3n) is 1.63. The van der Waals surface area contributed by atoms with E-state index in [-0.39, 0.29) is 4.90 Å². The number of halogens is 3. The van der Waals surface area contributed by atoms with Crippen molar-refractivity contribution in [3.63, 3.8) is 0 Å². The highest BCUT2D eigenvalue weighted by atomic mass is 32.2. The topological polar surface area (TPSA) is 29.4 Å². The number of hydrogen-bond donors (Lipinski definition) is 0. The fraction of sp³-hybridized carbons (Fsp3) is 0.250. The molecule has 2 nitrogen and oxygen atoms in total. The molecule has 0 bridgehead atoms. The molecule has 0 unspecified atom stereocenters. The Hall–Kier alpha value is -1.04. The minimum absolute atomic E-state index is 0.310. The van der Waals surface area contributed by atoms with Gasteiger partial charge in [0.15, 0.2) is 9.73 Å². The second kappa shape index (κ2) is 3.61. The lowest BCUT2D eigenvalue weighted by Gasteiger charge is -2.12. The van der Waals surface area contributed by atoms with Gasteiger partial charge in [-0.1, -0.05) is 18.2 Å². The van der Waals surface area contributed by atoms with Gasteiger partial charge in [0.1, 0.15) is 0 Å². The van der Waals surface area contributed by atoms with Crippen molar-refractivity contribution in [2.24, 2.45) is 4.36 Å². The van der Waals surface area contributed by atoms with E-state index in [0.717, 1.165) is 19.2 Å². The van der Waals surface area contributed by atoms with E-state index in [1.165, 1.54) is 12.1 Å². The smallest absolute Gasteiger partial charge is 0.236 e. The lowest BCUT2D eigenvalue weighted by molar-refractivity contribution is -0.0403. The zero-order valence-electron chi connectivity index (χ0n) is 7.28. The quantitative estimate of drug-likeness (QED) is 0.719. The Bertz CT molecular complexity index is 418. The van der Waals surface area contributed by atoms with Gasteiger partial charge in [0, 0.05) is 7.05 Å². The van der Waals surface area contributed by atoms with Crippen LogP contribution in [0.5, 0.6) is 0 Å². The van der Waals surface area contributed by atoms with Gasteiger partial charge in [0.2, 0.25) is 0 Å². The maximum Gasteiger partial charge on any atom is 0.483 e. The van der Waals surface area contributed by atoms with Crippen molar-refractivity contribution >= 4 is 9.73 Å². The van der Waals surface area contributed by atoms with Crippen LogP contribution < -0.4 is 0 Å². The third-order valence-corrected chi connectivity index (χ3v) is 3.69. The van der Waals surface area contributed by atoms with E-state index in [2.05, 4.69) is 4.36 Å². The molecular weight excluding hydrogens is 215 g/mol. The minimum atomic E-state index is -4.83. The molecule has 0 aromatic heterocycles. The Morgan fingerprint density at radius 3 is 2.07 bits per heavy atom. The van der Waals surface area contributed by atoms with Crippen molar-refractivity contribution in [1.82, 2.24) is 0 Å². The summed E-state index contributed by atoms with van der Waals surface area (Å²) in [6, 6.07) is 6.65. The Morgan fingerprint density at radius 2 is 1.71 bits per heavy atom. The van der Waals surface area contributed by atoms with Crippen molar-refractivity contribution in [2.45, 2.75) is 10.4 Å². The fourth-order valence-electron chi connectivity index (χ4n) is 0.947. The largest absolute Gasteiger partial charge is 0.483 e.